The van der Waals surface area contributed by atoms with Gasteiger partial charge in [0.05, 0.1) is 18.8 Å². The lowest BCUT2D eigenvalue weighted by Crippen LogP contribution is -2.23. The summed E-state index contributed by atoms with van der Waals surface area (Å²) in [7, 11) is 1.52. The molecule has 4 nitrogen and oxygen atoms in total. The van der Waals surface area contributed by atoms with Gasteiger partial charge in [0.1, 0.15) is 5.82 Å². The number of hydrogen-bond acceptors (Lipinski definition) is 4. The summed E-state index contributed by atoms with van der Waals surface area (Å²) in [5, 5.41) is 11.7. The zero-order valence-corrected chi connectivity index (χ0v) is 12.0. The number of nitrogens with zero attached hydrogens (tertiary/aromatic N) is 2. The molecule has 1 heterocycles. The van der Waals surface area contributed by atoms with Crippen molar-refractivity contribution in [3.05, 3.63) is 52.4 Å². The Morgan fingerprint density at radius 3 is 2.70 bits per heavy atom. The molecule has 0 aliphatic rings. The zero-order valence-electron chi connectivity index (χ0n) is 11.2. The number of rotatable bonds is 5. The first kappa shape index (κ1) is 14.7. The number of nitrogens with one attached hydrogen (secondary N) is 1. The largest absolute Gasteiger partial charge is 0.480 e. The molecule has 0 aliphatic carbocycles. The van der Waals surface area contributed by atoms with E-state index in [9.17, 15) is 4.39 Å². The molecular weight excluding hydrogens is 281 g/mol. The first-order chi connectivity index (χ1) is 9.65. The van der Waals surface area contributed by atoms with Gasteiger partial charge < -0.3 is 10.1 Å². The van der Waals surface area contributed by atoms with Gasteiger partial charge in [-0.15, -0.1) is 10.2 Å². The molecule has 2 aromatic rings. The molecule has 0 amide bonds. The van der Waals surface area contributed by atoms with Crippen molar-refractivity contribution in [3.8, 4) is 5.88 Å². The highest BCUT2D eigenvalue weighted by Crippen LogP contribution is 2.28. The van der Waals surface area contributed by atoms with Crippen LogP contribution in [0.1, 0.15) is 24.2 Å². The van der Waals surface area contributed by atoms with Crippen LogP contribution in [0, 0.1) is 5.82 Å². The molecule has 20 heavy (non-hydrogen) atoms. The van der Waals surface area contributed by atoms with Crippen molar-refractivity contribution in [3.63, 3.8) is 0 Å². The van der Waals surface area contributed by atoms with Crippen molar-refractivity contribution in [2.24, 2.45) is 0 Å². The molecule has 1 unspecified atom stereocenters. The van der Waals surface area contributed by atoms with E-state index in [-0.39, 0.29) is 11.9 Å². The van der Waals surface area contributed by atoms with Gasteiger partial charge in [0.25, 0.3) is 0 Å². The third kappa shape index (κ3) is 3.23. The van der Waals surface area contributed by atoms with Gasteiger partial charge in [-0.2, -0.15) is 0 Å². The molecule has 1 aromatic heterocycles. The van der Waals surface area contributed by atoms with Crippen molar-refractivity contribution < 1.29 is 9.13 Å². The summed E-state index contributed by atoms with van der Waals surface area (Å²) in [5.41, 5.74) is 1.29. The Morgan fingerprint density at radius 1 is 1.30 bits per heavy atom. The second-order valence-electron chi connectivity index (χ2n) is 4.16. The molecule has 1 N–H and O–H groups in total. The van der Waals surface area contributed by atoms with Gasteiger partial charge in [-0.25, -0.2) is 4.39 Å². The van der Waals surface area contributed by atoms with Gasteiger partial charge in [-0.3, -0.25) is 0 Å². The van der Waals surface area contributed by atoms with E-state index in [1.807, 2.05) is 6.92 Å². The van der Waals surface area contributed by atoms with Crippen LogP contribution in [0.25, 0.3) is 0 Å². The van der Waals surface area contributed by atoms with Gasteiger partial charge in [0.15, 0.2) is 0 Å². The van der Waals surface area contributed by atoms with Crippen LogP contribution in [0.3, 0.4) is 0 Å². The van der Waals surface area contributed by atoms with Crippen LogP contribution in [0.2, 0.25) is 5.02 Å². The molecular formula is C14H15ClFN3O. The minimum absolute atomic E-state index is 0.318. The molecule has 2 rings (SSSR count). The van der Waals surface area contributed by atoms with Crippen LogP contribution in [0.15, 0.2) is 30.3 Å². The zero-order chi connectivity index (χ0) is 14.5. The van der Waals surface area contributed by atoms with Crippen molar-refractivity contribution in [1.29, 1.82) is 0 Å². The normalized spacial score (nSPS) is 12.2. The van der Waals surface area contributed by atoms with E-state index in [4.69, 9.17) is 16.3 Å². The highest BCUT2D eigenvalue weighted by Gasteiger charge is 2.18. The summed E-state index contributed by atoms with van der Waals surface area (Å²) < 4.78 is 18.4. The van der Waals surface area contributed by atoms with E-state index in [0.717, 1.165) is 0 Å². The quantitative estimate of drug-likeness (QED) is 0.921. The minimum Gasteiger partial charge on any atom is -0.480 e. The van der Waals surface area contributed by atoms with Crippen molar-refractivity contribution in [1.82, 2.24) is 15.5 Å². The van der Waals surface area contributed by atoms with Gasteiger partial charge in [0.2, 0.25) is 5.88 Å². The van der Waals surface area contributed by atoms with Gasteiger partial charge in [0, 0.05) is 11.1 Å². The summed E-state index contributed by atoms with van der Waals surface area (Å²) in [6.07, 6.45) is 0. The van der Waals surface area contributed by atoms with E-state index >= 15 is 0 Å². The molecule has 0 radical (unpaired) electrons. The highest BCUT2D eigenvalue weighted by atomic mass is 35.5. The first-order valence-corrected chi connectivity index (χ1v) is 6.59. The third-order valence-electron chi connectivity index (χ3n) is 2.84. The standard InChI is InChI=1S/C14H15ClFN3O/c1-3-17-14(10-8-9(16)4-5-11(10)15)12-6-7-13(20-2)19-18-12/h4-8,14,17H,3H2,1-2H3. The maximum Gasteiger partial charge on any atom is 0.233 e. The van der Waals surface area contributed by atoms with Crippen LogP contribution < -0.4 is 10.1 Å². The molecule has 0 aliphatic heterocycles. The smallest absolute Gasteiger partial charge is 0.233 e. The summed E-state index contributed by atoms with van der Waals surface area (Å²) in [5.74, 6) is 0.0862. The number of halogens is 2. The van der Waals surface area contributed by atoms with Crippen molar-refractivity contribution >= 4 is 11.6 Å². The Bertz CT molecular complexity index is 577. The Balaban J connectivity index is 2.41. The molecule has 0 fully saturated rings. The monoisotopic (exact) mass is 295 g/mol. The molecule has 0 spiro atoms. The molecule has 0 saturated carbocycles. The predicted molar refractivity (Wildman–Crippen MR) is 75.5 cm³/mol. The SMILES string of the molecule is CCNC(c1ccc(OC)nn1)c1cc(F)ccc1Cl. The second kappa shape index (κ2) is 6.63. The van der Waals surface area contributed by atoms with Gasteiger partial charge >= 0.3 is 0 Å². The van der Waals surface area contributed by atoms with Crippen molar-refractivity contribution in [2.45, 2.75) is 13.0 Å². The maximum absolute atomic E-state index is 13.4. The fraction of sp³-hybridized carbons (Fsp3) is 0.286. The van der Waals surface area contributed by atoms with Crippen LogP contribution >= 0.6 is 11.6 Å². The van der Waals surface area contributed by atoms with Crippen LogP contribution in [-0.2, 0) is 0 Å². The Labute approximate surface area is 121 Å². The Kier molecular flexibility index (Phi) is 4.87. The summed E-state index contributed by atoms with van der Waals surface area (Å²) >= 11 is 6.16. The van der Waals surface area contributed by atoms with Crippen molar-refractivity contribution in [2.75, 3.05) is 13.7 Å². The molecule has 106 valence electrons. The van der Waals surface area contributed by atoms with E-state index in [0.29, 0.717) is 28.7 Å². The minimum atomic E-state index is -0.339. The molecule has 0 saturated heterocycles. The number of aromatic nitrogens is 2. The van der Waals surface area contributed by atoms with E-state index < -0.39 is 0 Å². The van der Waals surface area contributed by atoms with Crippen LogP contribution in [0.5, 0.6) is 5.88 Å². The van der Waals surface area contributed by atoms with Crippen LogP contribution in [-0.4, -0.2) is 23.9 Å². The van der Waals surface area contributed by atoms with E-state index in [1.165, 1.54) is 25.3 Å². The lowest BCUT2D eigenvalue weighted by Gasteiger charge is -2.18. The average molecular weight is 296 g/mol. The average Bonchev–Trinajstić information content (AvgIpc) is 2.48. The lowest BCUT2D eigenvalue weighted by atomic mass is 10.0. The van der Waals surface area contributed by atoms with E-state index in [1.54, 1.807) is 12.1 Å². The first-order valence-electron chi connectivity index (χ1n) is 6.21. The summed E-state index contributed by atoms with van der Waals surface area (Å²) in [6.45, 7) is 2.64. The number of methoxy groups -OCH3 is 1. The molecule has 1 aromatic carbocycles. The predicted octanol–water partition coefficient (Wildman–Crippen LogP) is 2.98. The number of hydrogen-bond donors (Lipinski definition) is 1. The molecule has 0 bridgehead atoms. The molecule has 6 heteroatoms. The van der Waals surface area contributed by atoms with E-state index in [2.05, 4.69) is 15.5 Å². The summed E-state index contributed by atoms with van der Waals surface area (Å²) in [4.78, 5) is 0. The van der Waals surface area contributed by atoms with Gasteiger partial charge in [-0.1, -0.05) is 18.5 Å². The number of ether oxygens (including phenoxy) is 1. The Hall–Kier alpha value is -1.72. The fourth-order valence-corrected chi connectivity index (χ4v) is 2.13. The Morgan fingerprint density at radius 2 is 2.10 bits per heavy atom. The number of benzene rings is 1. The van der Waals surface area contributed by atoms with Crippen LogP contribution in [0.4, 0.5) is 4.39 Å². The molecule has 1 atom stereocenters. The highest BCUT2D eigenvalue weighted by molar-refractivity contribution is 6.31. The maximum atomic E-state index is 13.4. The second-order valence-corrected chi connectivity index (χ2v) is 4.56. The fourth-order valence-electron chi connectivity index (χ4n) is 1.91. The summed E-state index contributed by atoms with van der Waals surface area (Å²) in [6, 6.07) is 7.44. The third-order valence-corrected chi connectivity index (χ3v) is 3.19. The lowest BCUT2D eigenvalue weighted by molar-refractivity contribution is 0.390. The van der Waals surface area contributed by atoms with Gasteiger partial charge in [-0.05, 0) is 36.4 Å². The topological polar surface area (TPSA) is 47.0 Å².